The van der Waals surface area contributed by atoms with Crippen molar-refractivity contribution in [1.29, 1.82) is 0 Å². The van der Waals surface area contributed by atoms with E-state index in [1.807, 2.05) is 6.07 Å². The normalized spacial score (nSPS) is 23.6. The van der Waals surface area contributed by atoms with Gasteiger partial charge in [-0.05, 0) is 24.8 Å². The summed E-state index contributed by atoms with van der Waals surface area (Å²) < 4.78 is 0. The van der Waals surface area contributed by atoms with Crippen LogP contribution in [0.1, 0.15) is 43.7 Å². The van der Waals surface area contributed by atoms with Crippen molar-refractivity contribution in [2.45, 2.75) is 38.1 Å². The van der Waals surface area contributed by atoms with Gasteiger partial charge in [-0.2, -0.15) is 0 Å². The second-order valence-electron chi connectivity index (χ2n) is 6.11. The lowest BCUT2D eigenvalue weighted by molar-refractivity contribution is 0.104. The van der Waals surface area contributed by atoms with E-state index in [0.717, 1.165) is 37.9 Å². The first-order valence-corrected chi connectivity index (χ1v) is 8.01. The number of pyridine rings is 1. The minimum atomic E-state index is 0.464. The van der Waals surface area contributed by atoms with Crippen molar-refractivity contribution in [3.8, 4) is 0 Å². The zero-order chi connectivity index (χ0) is 13.8. The van der Waals surface area contributed by atoms with E-state index in [2.05, 4.69) is 21.3 Å². The fourth-order valence-electron chi connectivity index (χ4n) is 3.84. The van der Waals surface area contributed by atoms with Crippen LogP contribution in [0.2, 0.25) is 0 Å². The van der Waals surface area contributed by atoms with Gasteiger partial charge in [-0.1, -0.05) is 25.3 Å². The SMILES string of the molecule is Nc1ncccc1[C@H](C1CCCCC1)N1CCNCC1. The van der Waals surface area contributed by atoms with Gasteiger partial charge in [0.05, 0.1) is 0 Å². The average Bonchev–Trinajstić information content (AvgIpc) is 2.52. The van der Waals surface area contributed by atoms with Crippen LogP contribution >= 0.6 is 0 Å². The zero-order valence-corrected chi connectivity index (χ0v) is 12.2. The highest BCUT2D eigenvalue weighted by Crippen LogP contribution is 2.39. The smallest absolute Gasteiger partial charge is 0.128 e. The summed E-state index contributed by atoms with van der Waals surface area (Å²) >= 11 is 0. The van der Waals surface area contributed by atoms with Crippen LogP contribution in [0.5, 0.6) is 0 Å². The van der Waals surface area contributed by atoms with Crippen LogP contribution in [-0.4, -0.2) is 36.1 Å². The molecule has 2 aliphatic rings. The molecule has 1 saturated carbocycles. The molecule has 0 spiro atoms. The van der Waals surface area contributed by atoms with Crippen molar-refractivity contribution < 1.29 is 0 Å². The third-order valence-corrected chi connectivity index (χ3v) is 4.83. The van der Waals surface area contributed by atoms with E-state index in [-0.39, 0.29) is 0 Å². The second kappa shape index (κ2) is 6.55. The molecule has 0 aromatic carbocycles. The number of nitrogens with one attached hydrogen (secondary N) is 1. The monoisotopic (exact) mass is 274 g/mol. The first-order valence-electron chi connectivity index (χ1n) is 8.01. The summed E-state index contributed by atoms with van der Waals surface area (Å²) in [7, 11) is 0. The standard InChI is InChI=1S/C16H26N4/c17-16-14(7-4-8-19-16)15(13-5-2-1-3-6-13)20-11-9-18-10-12-20/h4,7-8,13,15,18H,1-3,5-6,9-12H2,(H2,17,19)/t15-/m0/s1. The lowest BCUT2D eigenvalue weighted by Crippen LogP contribution is -2.47. The number of anilines is 1. The lowest BCUT2D eigenvalue weighted by atomic mass is 9.80. The predicted molar refractivity (Wildman–Crippen MR) is 82.4 cm³/mol. The van der Waals surface area contributed by atoms with E-state index >= 15 is 0 Å². The van der Waals surface area contributed by atoms with Crippen LogP contribution in [-0.2, 0) is 0 Å². The molecule has 1 aromatic heterocycles. The van der Waals surface area contributed by atoms with Crippen molar-refractivity contribution in [1.82, 2.24) is 15.2 Å². The molecule has 2 heterocycles. The van der Waals surface area contributed by atoms with Crippen LogP contribution in [0.15, 0.2) is 18.3 Å². The molecule has 1 saturated heterocycles. The molecular formula is C16H26N4. The Morgan fingerprint density at radius 1 is 1.20 bits per heavy atom. The van der Waals surface area contributed by atoms with Gasteiger partial charge in [-0.15, -0.1) is 0 Å². The van der Waals surface area contributed by atoms with Crippen LogP contribution in [0.3, 0.4) is 0 Å². The van der Waals surface area contributed by atoms with Gasteiger partial charge in [0.15, 0.2) is 0 Å². The van der Waals surface area contributed by atoms with E-state index in [0.29, 0.717) is 6.04 Å². The third-order valence-electron chi connectivity index (χ3n) is 4.83. The fraction of sp³-hybridized carbons (Fsp3) is 0.688. The zero-order valence-electron chi connectivity index (χ0n) is 12.2. The third kappa shape index (κ3) is 2.96. The molecule has 1 aliphatic carbocycles. The van der Waals surface area contributed by atoms with Gasteiger partial charge < -0.3 is 11.1 Å². The summed E-state index contributed by atoms with van der Waals surface area (Å²) in [6.45, 7) is 4.41. The number of nitrogen functional groups attached to an aromatic ring is 1. The van der Waals surface area contributed by atoms with E-state index in [1.165, 1.54) is 37.7 Å². The maximum Gasteiger partial charge on any atom is 0.128 e. The Kier molecular flexibility index (Phi) is 4.53. The van der Waals surface area contributed by atoms with Gasteiger partial charge in [-0.3, -0.25) is 4.90 Å². The number of piperazine rings is 1. The van der Waals surface area contributed by atoms with Gasteiger partial charge >= 0.3 is 0 Å². The summed E-state index contributed by atoms with van der Waals surface area (Å²) in [6, 6.07) is 4.68. The molecule has 1 atom stereocenters. The van der Waals surface area contributed by atoms with Crippen LogP contribution in [0.25, 0.3) is 0 Å². The number of nitrogens with zero attached hydrogens (tertiary/aromatic N) is 2. The van der Waals surface area contributed by atoms with Gasteiger partial charge in [0.2, 0.25) is 0 Å². The molecule has 0 radical (unpaired) electrons. The second-order valence-corrected chi connectivity index (χ2v) is 6.11. The highest BCUT2D eigenvalue weighted by atomic mass is 15.2. The molecule has 1 aromatic rings. The quantitative estimate of drug-likeness (QED) is 0.887. The van der Waals surface area contributed by atoms with Crippen molar-refractivity contribution in [3.05, 3.63) is 23.9 Å². The summed E-state index contributed by atoms with van der Waals surface area (Å²) in [4.78, 5) is 6.95. The summed E-state index contributed by atoms with van der Waals surface area (Å²) in [5, 5.41) is 3.45. The number of hydrogen-bond acceptors (Lipinski definition) is 4. The summed E-state index contributed by atoms with van der Waals surface area (Å²) in [5.74, 6) is 1.47. The van der Waals surface area contributed by atoms with Crippen molar-refractivity contribution in [2.75, 3.05) is 31.9 Å². The molecule has 3 rings (SSSR count). The molecule has 3 N–H and O–H groups in total. The highest BCUT2D eigenvalue weighted by Gasteiger charge is 2.32. The van der Waals surface area contributed by atoms with E-state index in [1.54, 1.807) is 6.20 Å². The predicted octanol–water partition coefficient (Wildman–Crippen LogP) is 2.19. The Bertz CT molecular complexity index is 404. The van der Waals surface area contributed by atoms with Crippen molar-refractivity contribution >= 4 is 5.82 Å². The fourth-order valence-corrected chi connectivity index (χ4v) is 3.84. The Labute approximate surface area is 121 Å². The Morgan fingerprint density at radius 3 is 2.65 bits per heavy atom. The first kappa shape index (κ1) is 13.8. The molecule has 20 heavy (non-hydrogen) atoms. The summed E-state index contributed by atoms with van der Waals surface area (Å²) in [5.41, 5.74) is 7.43. The molecule has 2 fully saturated rings. The maximum absolute atomic E-state index is 6.18. The lowest BCUT2D eigenvalue weighted by Gasteiger charge is -2.41. The van der Waals surface area contributed by atoms with Gasteiger partial charge in [0.25, 0.3) is 0 Å². The van der Waals surface area contributed by atoms with E-state index in [9.17, 15) is 0 Å². The summed E-state index contributed by atoms with van der Waals surface area (Å²) in [6.07, 6.45) is 8.61. The van der Waals surface area contributed by atoms with Gasteiger partial charge in [0.1, 0.15) is 5.82 Å². The number of aromatic nitrogens is 1. The number of rotatable bonds is 3. The Morgan fingerprint density at radius 2 is 1.95 bits per heavy atom. The van der Waals surface area contributed by atoms with Crippen molar-refractivity contribution in [3.63, 3.8) is 0 Å². The van der Waals surface area contributed by atoms with E-state index in [4.69, 9.17) is 5.73 Å². The van der Waals surface area contributed by atoms with Crippen LogP contribution in [0.4, 0.5) is 5.82 Å². The maximum atomic E-state index is 6.18. The molecule has 110 valence electrons. The molecule has 0 bridgehead atoms. The van der Waals surface area contributed by atoms with Crippen LogP contribution < -0.4 is 11.1 Å². The van der Waals surface area contributed by atoms with Gasteiger partial charge in [-0.25, -0.2) is 4.98 Å². The highest BCUT2D eigenvalue weighted by molar-refractivity contribution is 5.41. The average molecular weight is 274 g/mol. The number of nitrogens with two attached hydrogens (primary N) is 1. The molecule has 0 unspecified atom stereocenters. The minimum absolute atomic E-state index is 0.464. The largest absolute Gasteiger partial charge is 0.383 e. The molecular weight excluding hydrogens is 248 g/mol. The minimum Gasteiger partial charge on any atom is -0.383 e. The Balaban J connectivity index is 1.87. The molecule has 4 heteroatoms. The first-order chi connectivity index (χ1) is 9.86. The topological polar surface area (TPSA) is 54.2 Å². The Hall–Kier alpha value is -1.13. The van der Waals surface area contributed by atoms with Crippen LogP contribution in [0, 0.1) is 5.92 Å². The van der Waals surface area contributed by atoms with Crippen molar-refractivity contribution in [2.24, 2.45) is 5.92 Å². The number of hydrogen-bond donors (Lipinski definition) is 2. The van der Waals surface area contributed by atoms with Gasteiger partial charge in [0, 0.05) is 44.0 Å². The molecule has 4 nitrogen and oxygen atoms in total. The molecule has 0 amide bonds. The molecule has 1 aliphatic heterocycles. The van der Waals surface area contributed by atoms with E-state index < -0.39 is 0 Å².